The Hall–Kier alpha value is -0.220. The molecule has 152 valence electrons. The number of carbonyl (C=O) groups excluding carboxylic acids is 1. The van der Waals surface area contributed by atoms with Crippen molar-refractivity contribution in [1.82, 2.24) is 15.5 Å². The summed E-state index contributed by atoms with van der Waals surface area (Å²) in [5.74, 6) is 1.94. The number of thioether (sulfide) groups is 1. The predicted molar refractivity (Wildman–Crippen MR) is 121 cm³/mol. The summed E-state index contributed by atoms with van der Waals surface area (Å²) < 4.78 is 5.68. The smallest absolute Gasteiger partial charge is 0.243 e. The van der Waals surface area contributed by atoms with Gasteiger partial charge in [-0.1, -0.05) is 13.3 Å². The van der Waals surface area contributed by atoms with Gasteiger partial charge in [0.15, 0.2) is 5.96 Å². The van der Waals surface area contributed by atoms with E-state index < -0.39 is 0 Å². The Morgan fingerprint density at radius 1 is 1.27 bits per heavy atom. The third-order valence-corrected chi connectivity index (χ3v) is 5.99. The molecule has 1 aliphatic carbocycles. The van der Waals surface area contributed by atoms with Crippen molar-refractivity contribution in [3.63, 3.8) is 0 Å². The van der Waals surface area contributed by atoms with Crippen LogP contribution in [-0.2, 0) is 9.53 Å². The van der Waals surface area contributed by atoms with Crippen LogP contribution in [0.1, 0.15) is 45.4 Å². The summed E-state index contributed by atoms with van der Waals surface area (Å²) in [5, 5.41) is 7.68. The lowest BCUT2D eigenvalue weighted by molar-refractivity contribution is -0.127. The second-order valence-electron chi connectivity index (χ2n) is 7.05. The van der Waals surface area contributed by atoms with Crippen molar-refractivity contribution in [2.24, 2.45) is 4.99 Å². The van der Waals surface area contributed by atoms with Crippen molar-refractivity contribution in [2.75, 3.05) is 39.5 Å². The molecular formula is C18H35IN4O2S. The van der Waals surface area contributed by atoms with Gasteiger partial charge in [-0.05, 0) is 37.9 Å². The summed E-state index contributed by atoms with van der Waals surface area (Å²) in [4.78, 5) is 18.0. The van der Waals surface area contributed by atoms with Crippen molar-refractivity contribution in [3.8, 4) is 0 Å². The topological polar surface area (TPSA) is 66.0 Å². The Morgan fingerprint density at radius 3 is 2.73 bits per heavy atom. The highest BCUT2D eigenvalue weighted by atomic mass is 127. The fraction of sp³-hybridized carbons (Fsp3) is 0.889. The Kier molecular flexibility index (Phi) is 11.9. The molecular weight excluding hydrogens is 463 g/mol. The van der Waals surface area contributed by atoms with Crippen molar-refractivity contribution < 1.29 is 9.53 Å². The van der Waals surface area contributed by atoms with Gasteiger partial charge in [0, 0.05) is 38.5 Å². The molecule has 2 fully saturated rings. The van der Waals surface area contributed by atoms with Gasteiger partial charge in [-0.15, -0.1) is 24.0 Å². The second kappa shape index (κ2) is 13.0. The van der Waals surface area contributed by atoms with E-state index in [2.05, 4.69) is 34.3 Å². The van der Waals surface area contributed by atoms with Crippen LogP contribution in [0.3, 0.4) is 0 Å². The summed E-state index contributed by atoms with van der Waals surface area (Å²) in [6.45, 7) is 4.00. The summed E-state index contributed by atoms with van der Waals surface area (Å²) in [7, 11) is 3.52. The van der Waals surface area contributed by atoms with E-state index >= 15 is 0 Å². The van der Waals surface area contributed by atoms with Crippen LogP contribution in [0.15, 0.2) is 4.99 Å². The number of guanidine groups is 1. The standard InChI is InChI=1S/C18H34N4O2S.HI/c1-4-25-16-9-5-7-14(11-16)21-18(20-13-17(23)22(2)3)19-12-15-8-6-10-24-15;/h14-16H,4-13H2,1-3H3,(H2,19,20,21);1H. The van der Waals surface area contributed by atoms with Gasteiger partial charge in [-0.2, -0.15) is 11.8 Å². The molecule has 0 spiro atoms. The molecule has 3 atom stereocenters. The predicted octanol–water partition coefficient (Wildman–Crippen LogP) is 2.47. The maximum absolute atomic E-state index is 11.9. The highest BCUT2D eigenvalue weighted by Gasteiger charge is 2.23. The lowest BCUT2D eigenvalue weighted by Crippen LogP contribution is -2.48. The normalized spacial score (nSPS) is 26.1. The quantitative estimate of drug-likeness (QED) is 0.321. The molecule has 6 nitrogen and oxygen atoms in total. The summed E-state index contributed by atoms with van der Waals surface area (Å²) >= 11 is 2.06. The monoisotopic (exact) mass is 498 g/mol. The van der Waals surface area contributed by atoms with Crippen LogP contribution in [0.4, 0.5) is 0 Å². The molecule has 3 unspecified atom stereocenters. The largest absolute Gasteiger partial charge is 0.376 e. The molecule has 2 aliphatic rings. The van der Waals surface area contributed by atoms with Gasteiger partial charge in [0.25, 0.3) is 0 Å². The molecule has 0 aromatic carbocycles. The average Bonchev–Trinajstić information content (AvgIpc) is 3.11. The first kappa shape index (κ1) is 23.8. The van der Waals surface area contributed by atoms with Crippen molar-refractivity contribution in [2.45, 2.75) is 62.8 Å². The number of carbonyl (C=O) groups is 1. The van der Waals surface area contributed by atoms with E-state index in [4.69, 9.17) is 4.74 Å². The highest BCUT2D eigenvalue weighted by Crippen LogP contribution is 2.28. The molecule has 2 N–H and O–H groups in total. The maximum atomic E-state index is 11.9. The summed E-state index contributed by atoms with van der Waals surface area (Å²) in [6, 6.07) is 0.433. The minimum atomic E-state index is 0. The van der Waals surface area contributed by atoms with Gasteiger partial charge in [-0.25, -0.2) is 4.99 Å². The number of likely N-dealkylation sites (N-methyl/N-ethyl adjacent to an activating group) is 1. The van der Waals surface area contributed by atoms with Gasteiger partial charge in [0.05, 0.1) is 6.10 Å². The van der Waals surface area contributed by atoms with Gasteiger partial charge >= 0.3 is 0 Å². The molecule has 8 heteroatoms. The van der Waals surface area contributed by atoms with Crippen LogP contribution in [0.5, 0.6) is 0 Å². The zero-order valence-corrected chi connectivity index (χ0v) is 19.5. The zero-order chi connectivity index (χ0) is 18.1. The SMILES string of the molecule is CCSC1CCCC(NC(=NCC(=O)N(C)C)NCC2CCCO2)C1.I. The average molecular weight is 498 g/mol. The fourth-order valence-electron chi connectivity index (χ4n) is 3.31. The van der Waals surface area contributed by atoms with Crippen molar-refractivity contribution >= 4 is 47.6 Å². The van der Waals surface area contributed by atoms with Crippen LogP contribution >= 0.6 is 35.7 Å². The fourth-order valence-corrected chi connectivity index (χ4v) is 4.49. The molecule has 1 heterocycles. The Balaban J connectivity index is 0.00000338. The molecule has 26 heavy (non-hydrogen) atoms. The molecule has 0 aromatic heterocycles. The van der Waals surface area contributed by atoms with Crippen molar-refractivity contribution in [3.05, 3.63) is 0 Å². The Morgan fingerprint density at radius 2 is 2.08 bits per heavy atom. The summed E-state index contributed by atoms with van der Waals surface area (Å²) in [5.41, 5.74) is 0. The third-order valence-electron chi connectivity index (χ3n) is 4.76. The maximum Gasteiger partial charge on any atom is 0.243 e. The first-order chi connectivity index (χ1) is 12.1. The van der Waals surface area contributed by atoms with Gasteiger partial charge < -0.3 is 20.3 Å². The highest BCUT2D eigenvalue weighted by molar-refractivity contribution is 14.0. The first-order valence-electron chi connectivity index (χ1n) is 9.56. The molecule has 0 bridgehead atoms. The minimum absolute atomic E-state index is 0. The van der Waals surface area contributed by atoms with E-state index in [1.165, 1.54) is 31.4 Å². The van der Waals surface area contributed by atoms with E-state index in [0.29, 0.717) is 6.04 Å². The van der Waals surface area contributed by atoms with E-state index in [9.17, 15) is 4.79 Å². The third kappa shape index (κ3) is 8.65. The van der Waals surface area contributed by atoms with Crippen LogP contribution in [-0.4, -0.2) is 73.7 Å². The molecule has 0 radical (unpaired) electrons. The van der Waals surface area contributed by atoms with E-state index in [1.807, 2.05) is 0 Å². The van der Waals surface area contributed by atoms with Crippen LogP contribution in [0, 0.1) is 0 Å². The van der Waals surface area contributed by atoms with E-state index in [0.717, 1.165) is 37.2 Å². The number of halogens is 1. The number of nitrogens with one attached hydrogen (secondary N) is 2. The molecule has 1 aliphatic heterocycles. The Bertz CT molecular complexity index is 443. The number of hydrogen-bond acceptors (Lipinski definition) is 4. The van der Waals surface area contributed by atoms with Crippen LogP contribution in [0.2, 0.25) is 0 Å². The van der Waals surface area contributed by atoms with Crippen molar-refractivity contribution in [1.29, 1.82) is 0 Å². The van der Waals surface area contributed by atoms with Gasteiger partial charge in [0.1, 0.15) is 6.54 Å². The molecule has 1 amide bonds. The van der Waals surface area contributed by atoms with Crippen LogP contribution in [0.25, 0.3) is 0 Å². The number of rotatable bonds is 7. The number of aliphatic imine (C=N–C) groups is 1. The molecule has 1 saturated heterocycles. The molecule has 1 saturated carbocycles. The minimum Gasteiger partial charge on any atom is -0.376 e. The number of hydrogen-bond donors (Lipinski definition) is 2. The number of ether oxygens (including phenoxy) is 1. The van der Waals surface area contributed by atoms with Crippen LogP contribution < -0.4 is 10.6 Å². The number of amides is 1. The zero-order valence-electron chi connectivity index (χ0n) is 16.3. The lowest BCUT2D eigenvalue weighted by Gasteiger charge is -2.30. The Labute approximate surface area is 179 Å². The number of nitrogens with zero attached hydrogens (tertiary/aromatic N) is 2. The van der Waals surface area contributed by atoms with Gasteiger partial charge in [0.2, 0.25) is 5.91 Å². The lowest BCUT2D eigenvalue weighted by atomic mass is 9.95. The second-order valence-corrected chi connectivity index (χ2v) is 8.63. The van der Waals surface area contributed by atoms with Gasteiger partial charge in [-0.3, -0.25) is 4.79 Å². The van der Waals surface area contributed by atoms with E-state index in [1.54, 1.807) is 19.0 Å². The summed E-state index contributed by atoms with van der Waals surface area (Å²) in [6.07, 6.45) is 7.38. The molecule has 0 aromatic rings. The van der Waals surface area contributed by atoms with E-state index in [-0.39, 0.29) is 42.5 Å². The molecule has 2 rings (SSSR count). The first-order valence-corrected chi connectivity index (χ1v) is 10.6.